The van der Waals surface area contributed by atoms with Crippen LogP contribution in [0.5, 0.6) is 0 Å². The summed E-state index contributed by atoms with van der Waals surface area (Å²) in [6, 6.07) is 1.32. The Bertz CT molecular complexity index is 371. The molecule has 0 aliphatic heterocycles. The van der Waals surface area contributed by atoms with Crippen LogP contribution in [0.3, 0.4) is 0 Å². The van der Waals surface area contributed by atoms with E-state index in [1.165, 1.54) is 16.9 Å². The minimum atomic E-state index is -0.354. The van der Waals surface area contributed by atoms with Crippen molar-refractivity contribution < 1.29 is 5.11 Å². The molecule has 1 heterocycles. The third kappa shape index (κ3) is 2.56. The predicted octanol–water partition coefficient (Wildman–Crippen LogP) is -0.156. The number of aliphatic hydroxyl groups is 1. The maximum Gasteiger partial charge on any atom is 0.268 e. The third-order valence-corrected chi connectivity index (χ3v) is 1.90. The Hall–Kier alpha value is -1.36. The van der Waals surface area contributed by atoms with Gasteiger partial charge in [-0.25, -0.2) is 4.68 Å². The summed E-state index contributed by atoms with van der Waals surface area (Å²) in [6.07, 6.45) is 1.43. The number of nitrogen functional groups attached to an aromatic ring is 1. The molecule has 0 amide bonds. The SMILES string of the molecule is CC(C)(CO)Cn1ncc(N)cc1=O. The molecule has 0 atom stereocenters. The van der Waals surface area contributed by atoms with E-state index in [1.807, 2.05) is 13.8 Å². The fourth-order valence-electron chi connectivity index (χ4n) is 1.02. The molecule has 0 fully saturated rings. The molecular formula is C9H15N3O2. The monoisotopic (exact) mass is 197 g/mol. The van der Waals surface area contributed by atoms with Gasteiger partial charge < -0.3 is 10.8 Å². The van der Waals surface area contributed by atoms with Crippen molar-refractivity contribution >= 4 is 5.69 Å². The van der Waals surface area contributed by atoms with Gasteiger partial charge in [0.05, 0.1) is 18.4 Å². The van der Waals surface area contributed by atoms with Crippen LogP contribution in [0.1, 0.15) is 13.8 Å². The first-order valence-electron chi connectivity index (χ1n) is 4.38. The largest absolute Gasteiger partial charge is 0.397 e. The van der Waals surface area contributed by atoms with Gasteiger partial charge in [-0.15, -0.1) is 0 Å². The van der Waals surface area contributed by atoms with Crippen molar-refractivity contribution in [2.45, 2.75) is 20.4 Å². The van der Waals surface area contributed by atoms with Gasteiger partial charge in [-0.1, -0.05) is 13.8 Å². The van der Waals surface area contributed by atoms with Crippen molar-refractivity contribution in [2.24, 2.45) is 5.41 Å². The van der Waals surface area contributed by atoms with Crippen molar-refractivity contribution in [1.82, 2.24) is 9.78 Å². The summed E-state index contributed by atoms with van der Waals surface area (Å²) in [7, 11) is 0. The van der Waals surface area contributed by atoms with Crippen LogP contribution < -0.4 is 11.3 Å². The summed E-state index contributed by atoms with van der Waals surface area (Å²) < 4.78 is 1.30. The van der Waals surface area contributed by atoms with Gasteiger partial charge in [0, 0.05) is 18.1 Å². The highest BCUT2D eigenvalue weighted by molar-refractivity contribution is 5.31. The van der Waals surface area contributed by atoms with Crippen LogP contribution in [-0.2, 0) is 6.54 Å². The molecule has 5 heteroatoms. The standard InChI is InChI=1S/C9H15N3O2/c1-9(2,6-13)5-12-8(14)3-7(10)4-11-12/h3-4,13H,5-6,10H2,1-2H3. The van der Waals surface area contributed by atoms with Crippen molar-refractivity contribution in [3.63, 3.8) is 0 Å². The highest BCUT2D eigenvalue weighted by Gasteiger charge is 2.18. The predicted molar refractivity (Wildman–Crippen MR) is 53.8 cm³/mol. The second-order valence-electron chi connectivity index (χ2n) is 4.11. The molecule has 1 aromatic rings. The summed E-state index contributed by atoms with van der Waals surface area (Å²) in [5, 5.41) is 12.9. The zero-order valence-corrected chi connectivity index (χ0v) is 8.40. The number of hydrogen-bond donors (Lipinski definition) is 2. The molecule has 78 valence electrons. The number of rotatable bonds is 3. The van der Waals surface area contributed by atoms with Crippen molar-refractivity contribution in [3.05, 3.63) is 22.6 Å². The van der Waals surface area contributed by atoms with Gasteiger partial charge in [-0.3, -0.25) is 4.79 Å². The van der Waals surface area contributed by atoms with Crippen LogP contribution in [0.15, 0.2) is 17.1 Å². The molecule has 0 saturated carbocycles. The van der Waals surface area contributed by atoms with Crippen molar-refractivity contribution in [2.75, 3.05) is 12.3 Å². The van der Waals surface area contributed by atoms with Gasteiger partial charge in [0.2, 0.25) is 0 Å². The molecule has 0 radical (unpaired) electrons. The highest BCUT2D eigenvalue weighted by atomic mass is 16.3. The average molecular weight is 197 g/mol. The van der Waals surface area contributed by atoms with Crippen LogP contribution in [0.25, 0.3) is 0 Å². The van der Waals surface area contributed by atoms with E-state index >= 15 is 0 Å². The molecule has 0 unspecified atom stereocenters. The van der Waals surface area contributed by atoms with Crippen LogP contribution in [0.2, 0.25) is 0 Å². The molecule has 14 heavy (non-hydrogen) atoms. The molecule has 0 aliphatic carbocycles. The first-order chi connectivity index (χ1) is 6.44. The quantitative estimate of drug-likeness (QED) is 0.705. The van der Waals surface area contributed by atoms with E-state index in [0.717, 1.165) is 0 Å². The van der Waals surface area contributed by atoms with Gasteiger partial charge in [-0.2, -0.15) is 5.10 Å². The van der Waals surface area contributed by atoms with E-state index in [2.05, 4.69) is 5.10 Å². The number of hydrogen-bond acceptors (Lipinski definition) is 4. The Labute approximate surface area is 82.2 Å². The van der Waals surface area contributed by atoms with Gasteiger partial charge >= 0.3 is 0 Å². The Morgan fingerprint density at radius 1 is 1.64 bits per heavy atom. The normalized spacial score (nSPS) is 11.6. The van der Waals surface area contributed by atoms with E-state index in [-0.39, 0.29) is 17.6 Å². The lowest BCUT2D eigenvalue weighted by Gasteiger charge is -2.21. The van der Waals surface area contributed by atoms with Crippen LogP contribution >= 0.6 is 0 Å². The first-order valence-corrected chi connectivity index (χ1v) is 4.38. The number of aliphatic hydroxyl groups excluding tert-OH is 1. The summed E-state index contributed by atoms with van der Waals surface area (Å²) in [6.45, 7) is 4.10. The second kappa shape index (κ2) is 3.79. The molecule has 0 aliphatic rings. The van der Waals surface area contributed by atoms with Crippen molar-refractivity contribution in [3.8, 4) is 0 Å². The van der Waals surface area contributed by atoms with E-state index in [1.54, 1.807) is 0 Å². The molecule has 1 rings (SSSR count). The minimum absolute atomic E-state index is 0.00545. The molecule has 0 bridgehead atoms. The third-order valence-electron chi connectivity index (χ3n) is 1.90. The highest BCUT2D eigenvalue weighted by Crippen LogP contribution is 2.14. The summed E-state index contributed by atoms with van der Waals surface area (Å²) in [5.41, 5.74) is 5.16. The number of nitrogens with zero attached hydrogens (tertiary/aromatic N) is 2. The molecule has 3 N–H and O–H groups in total. The van der Waals surface area contributed by atoms with Gasteiger partial charge in [0.1, 0.15) is 0 Å². The maximum atomic E-state index is 11.4. The summed E-state index contributed by atoms with van der Waals surface area (Å²) in [4.78, 5) is 11.4. The lowest BCUT2D eigenvalue weighted by atomic mass is 9.95. The zero-order valence-electron chi connectivity index (χ0n) is 8.40. The smallest absolute Gasteiger partial charge is 0.268 e. The Balaban J connectivity index is 2.93. The van der Waals surface area contributed by atoms with Gasteiger partial charge in [-0.05, 0) is 0 Å². The van der Waals surface area contributed by atoms with E-state index in [4.69, 9.17) is 10.8 Å². The fraction of sp³-hybridized carbons (Fsp3) is 0.556. The topological polar surface area (TPSA) is 81.1 Å². The van der Waals surface area contributed by atoms with Gasteiger partial charge in [0.25, 0.3) is 5.56 Å². The Kier molecular flexibility index (Phi) is 2.90. The van der Waals surface area contributed by atoms with Crippen LogP contribution in [0, 0.1) is 5.41 Å². The second-order valence-corrected chi connectivity index (χ2v) is 4.11. The maximum absolute atomic E-state index is 11.4. The minimum Gasteiger partial charge on any atom is -0.397 e. The summed E-state index contributed by atoms with van der Waals surface area (Å²) >= 11 is 0. The molecular weight excluding hydrogens is 182 g/mol. The number of anilines is 1. The van der Waals surface area contributed by atoms with Crippen LogP contribution in [-0.4, -0.2) is 21.5 Å². The van der Waals surface area contributed by atoms with Crippen LogP contribution in [0.4, 0.5) is 5.69 Å². The van der Waals surface area contributed by atoms with E-state index < -0.39 is 0 Å². The Morgan fingerprint density at radius 3 is 2.79 bits per heavy atom. The molecule has 1 aromatic heterocycles. The van der Waals surface area contributed by atoms with Gasteiger partial charge in [0.15, 0.2) is 0 Å². The average Bonchev–Trinajstić information content (AvgIpc) is 2.10. The van der Waals surface area contributed by atoms with E-state index in [9.17, 15) is 4.79 Å². The van der Waals surface area contributed by atoms with E-state index in [0.29, 0.717) is 12.2 Å². The molecule has 0 saturated heterocycles. The summed E-state index contributed by atoms with van der Waals surface area (Å²) in [5.74, 6) is 0. The number of aromatic nitrogens is 2. The first kappa shape index (κ1) is 10.7. The lowest BCUT2D eigenvalue weighted by molar-refractivity contribution is 0.134. The molecule has 5 nitrogen and oxygen atoms in total. The molecule has 0 spiro atoms. The van der Waals surface area contributed by atoms with Crippen molar-refractivity contribution in [1.29, 1.82) is 0 Å². The zero-order chi connectivity index (χ0) is 10.8. The fourth-order valence-corrected chi connectivity index (χ4v) is 1.02. The molecule has 0 aromatic carbocycles. The number of nitrogens with two attached hydrogens (primary N) is 1. The lowest BCUT2D eigenvalue weighted by Crippen LogP contribution is -2.32. The Morgan fingerprint density at radius 2 is 2.29 bits per heavy atom.